The van der Waals surface area contributed by atoms with Crippen molar-refractivity contribution in [2.75, 3.05) is 0 Å². The van der Waals surface area contributed by atoms with E-state index in [0.29, 0.717) is 23.4 Å². The molecule has 1 unspecified atom stereocenters. The number of allylic oxidation sites excluding steroid dienone is 2. The van der Waals surface area contributed by atoms with Crippen LogP contribution in [0.1, 0.15) is 49.4 Å². The molecule has 3 aromatic rings. The van der Waals surface area contributed by atoms with E-state index in [4.69, 9.17) is 16.3 Å². The standard InChI is InChI=1S/C25H20ClF3N2O2/c1-24(2)12-17(32)20-18(13-24)33-23-21(19(20)15-10-6-7-11-16(15)26)22(25(27,28)29)30-31(23)14-8-4-3-5-9-14/h3-11,19H,12-13H2,1-2H3. The first kappa shape index (κ1) is 21.8. The molecule has 2 aromatic carbocycles. The van der Waals surface area contributed by atoms with Gasteiger partial charge < -0.3 is 4.74 Å². The minimum atomic E-state index is -4.76. The van der Waals surface area contributed by atoms with Crippen LogP contribution in [-0.2, 0) is 11.0 Å². The summed E-state index contributed by atoms with van der Waals surface area (Å²) in [6, 6.07) is 15.2. The quantitative estimate of drug-likeness (QED) is 0.416. The summed E-state index contributed by atoms with van der Waals surface area (Å²) in [5, 5.41) is 4.22. The number of carbonyl (C=O) groups excluding carboxylic acids is 1. The Balaban J connectivity index is 1.85. The summed E-state index contributed by atoms with van der Waals surface area (Å²) in [5.41, 5.74) is -0.590. The molecule has 0 amide bonds. The maximum Gasteiger partial charge on any atom is 0.435 e. The number of para-hydroxylation sites is 1. The summed E-state index contributed by atoms with van der Waals surface area (Å²) in [4.78, 5) is 13.3. The van der Waals surface area contributed by atoms with Gasteiger partial charge in [0.15, 0.2) is 11.5 Å². The van der Waals surface area contributed by atoms with Crippen molar-refractivity contribution in [2.24, 2.45) is 5.41 Å². The number of Topliss-reactive ketones (excluding diaryl/α,β-unsaturated/α-hetero) is 1. The second kappa shape index (κ2) is 7.48. The molecule has 0 spiro atoms. The van der Waals surface area contributed by atoms with Crippen LogP contribution in [-0.4, -0.2) is 15.6 Å². The maximum absolute atomic E-state index is 14.3. The zero-order valence-corrected chi connectivity index (χ0v) is 18.7. The molecule has 1 aliphatic heterocycles. The molecule has 1 aliphatic carbocycles. The summed E-state index contributed by atoms with van der Waals surface area (Å²) in [5.74, 6) is -0.935. The first-order valence-electron chi connectivity index (χ1n) is 10.5. The van der Waals surface area contributed by atoms with Crippen molar-refractivity contribution in [1.29, 1.82) is 0 Å². The molecular weight excluding hydrogens is 453 g/mol. The summed E-state index contributed by atoms with van der Waals surface area (Å²) < 4.78 is 50.1. The highest BCUT2D eigenvalue weighted by atomic mass is 35.5. The average Bonchev–Trinajstić information content (AvgIpc) is 3.12. The number of hydrogen-bond acceptors (Lipinski definition) is 3. The first-order chi connectivity index (χ1) is 15.6. The van der Waals surface area contributed by atoms with Gasteiger partial charge in [-0.15, -0.1) is 0 Å². The molecule has 170 valence electrons. The number of nitrogens with zero attached hydrogens (tertiary/aromatic N) is 2. The molecule has 1 atom stereocenters. The Labute approximate surface area is 193 Å². The molecule has 1 aromatic heterocycles. The van der Waals surface area contributed by atoms with Crippen molar-refractivity contribution in [3.8, 4) is 11.6 Å². The molecule has 0 fully saturated rings. The fourth-order valence-electron chi connectivity index (χ4n) is 4.70. The molecule has 4 nitrogen and oxygen atoms in total. The zero-order valence-electron chi connectivity index (χ0n) is 17.9. The van der Waals surface area contributed by atoms with Crippen molar-refractivity contribution in [2.45, 2.75) is 38.8 Å². The van der Waals surface area contributed by atoms with Crippen molar-refractivity contribution >= 4 is 17.4 Å². The molecule has 2 heterocycles. The van der Waals surface area contributed by atoms with Gasteiger partial charge in [-0.25, -0.2) is 0 Å². The van der Waals surface area contributed by atoms with E-state index < -0.39 is 17.8 Å². The Hall–Kier alpha value is -3.06. The Morgan fingerprint density at radius 1 is 1.06 bits per heavy atom. The number of fused-ring (bicyclic) bond motifs is 1. The number of benzene rings is 2. The molecule has 2 aliphatic rings. The van der Waals surface area contributed by atoms with E-state index in [2.05, 4.69) is 5.10 Å². The summed E-state index contributed by atoms with van der Waals surface area (Å²) >= 11 is 6.47. The van der Waals surface area contributed by atoms with E-state index in [1.807, 2.05) is 13.8 Å². The Bertz CT molecular complexity index is 1290. The van der Waals surface area contributed by atoms with Gasteiger partial charge in [-0.1, -0.05) is 61.8 Å². The minimum absolute atomic E-state index is 0.0392. The molecular formula is C25H20ClF3N2O2. The van der Waals surface area contributed by atoms with E-state index in [1.54, 1.807) is 54.6 Å². The number of hydrogen-bond donors (Lipinski definition) is 0. The van der Waals surface area contributed by atoms with Crippen LogP contribution < -0.4 is 4.74 Å². The SMILES string of the molecule is CC1(C)CC(=O)C2=C(C1)Oc1c(c(C(F)(F)F)nn1-c1ccccc1)C2c1ccccc1Cl. The van der Waals surface area contributed by atoms with Gasteiger partial charge in [0.1, 0.15) is 5.76 Å². The number of halogens is 4. The molecule has 5 rings (SSSR count). The van der Waals surface area contributed by atoms with Crippen molar-refractivity contribution < 1.29 is 22.7 Å². The lowest BCUT2D eigenvalue weighted by Gasteiger charge is -2.37. The van der Waals surface area contributed by atoms with Crippen LogP contribution >= 0.6 is 11.6 Å². The Morgan fingerprint density at radius 3 is 2.39 bits per heavy atom. The predicted molar refractivity (Wildman–Crippen MR) is 118 cm³/mol. The highest BCUT2D eigenvalue weighted by Gasteiger charge is 2.50. The number of carbonyl (C=O) groups is 1. The van der Waals surface area contributed by atoms with Crippen molar-refractivity contribution in [3.05, 3.63) is 87.8 Å². The Kier molecular flexibility index (Phi) is 4.94. The normalized spacial score (nSPS) is 19.7. The molecule has 0 saturated carbocycles. The van der Waals surface area contributed by atoms with Gasteiger partial charge in [0.25, 0.3) is 0 Å². The van der Waals surface area contributed by atoms with E-state index in [9.17, 15) is 18.0 Å². The van der Waals surface area contributed by atoms with Gasteiger partial charge in [0, 0.05) is 29.4 Å². The van der Waals surface area contributed by atoms with Crippen molar-refractivity contribution in [1.82, 2.24) is 9.78 Å². The predicted octanol–water partition coefficient (Wildman–Crippen LogP) is 6.71. The lowest BCUT2D eigenvalue weighted by molar-refractivity contribution is -0.142. The topological polar surface area (TPSA) is 44.1 Å². The molecule has 0 saturated heterocycles. The number of alkyl halides is 3. The first-order valence-corrected chi connectivity index (χ1v) is 10.9. The van der Waals surface area contributed by atoms with E-state index in [0.717, 1.165) is 4.68 Å². The number of aromatic nitrogens is 2. The zero-order chi connectivity index (χ0) is 23.5. The lowest BCUT2D eigenvalue weighted by atomic mass is 9.70. The third kappa shape index (κ3) is 3.64. The molecule has 0 bridgehead atoms. The van der Waals surface area contributed by atoms with Gasteiger partial charge in [0.2, 0.25) is 5.88 Å². The van der Waals surface area contributed by atoms with Crippen molar-refractivity contribution in [3.63, 3.8) is 0 Å². The molecule has 0 radical (unpaired) electrons. The molecule has 33 heavy (non-hydrogen) atoms. The summed E-state index contributed by atoms with van der Waals surface area (Å²) in [6.45, 7) is 3.88. The van der Waals surface area contributed by atoms with Gasteiger partial charge in [0.05, 0.1) is 11.3 Å². The minimum Gasteiger partial charge on any atom is -0.442 e. The highest BCUT2D eigenvalue weighted by Crippen LogP contribution is 2.54. The van der Waals surface area contributed by atoms with Crippen LogP contribution in [0, 0.1) is 5.41 Å². The van der Waals surface area contributed by atoms with Crippen LogP contribution in [0.4, 0.5) is 13.2 Å². The monoisotopic (exact) mass is 472 g/mol. The van der Waals surface area contributed by atoms with Crippen LogP contribution in [0.25, 0.3) is 5.69 Å². The largest absolute Gasteiger partial charge is 0.442 e. The number of rotatable bonds is 2. The second-order valence-electron chi connectivity index (χ2n) is 9.15. The Morgan fingerprint density at radius 2 is 1.73 bits per heavy atom. The van der Waals surface area contributed by atoms with E-state index in [-0.39, 0.29) is 39.7 Å². The van der Waals surface area contributed by atoms with Gasteiger partial charge in [-0.2, -0.15) is 23.0 Å². The smallest absolute Gasteiger partial charge is 0.435 e. The van der Waals surface area contributed by atoms with E-state index >= 15 is 0 Å². The van der Waals surface area contributed by atoms with Gasteiger partial charge in [-0.3, -0.25) is 4.79 Å². The molecule has 8 heteroatoms. The maximum atomic E-state index is 14.3. The summed E-state index contributed by atoms with van der Waals surface area (Å²) in [6.07, 6.45) is -4.14. The molecule has 0 N–H and O–H groups in total. The van der Waals surface area contributed by atoms with E-state index in [1.165, 1.54) is 0 Å². The average molecular weight is 473 g/mol. The fourth-order valence-corrected chi connectivity index (χ4v) is 4.94. The van der Waals surface area contributed by atoms with Crippen LogP contribution in [0.15, 0.2) is 65.9 Å². The fraction of sp³-hybridized carbons (Fsp3) is 0.280. The third-order valence-electron chi connectivity index (χ3n) is 6.04. The number of ketones is 1. The highest BCUT2D eigenvalue weighted by molar-refractivity contribution is 6.31. The van der Waals surface area contributed by atoms with Crippen LogP contribution in [0.3, 0.4) is 0 Å². The second-order valence-corrected chi connectivity index (χ2v) is 9.55. The third-order valence-corrected chi connectivity index (χ3v) is 6.38. The van der Waals surface area contributed by atoms with Crippen LogP contribution in [0.2, 0.25) is 5.02 Å². The number of ether oxygens (including phenoxy) is 1. The lowest BCUT2D eigenvalue weighted by Crippen LogP contribution is -2.33. The van der Waals surface area contributed by atoms with Gasteiger partial charge >= 0.3 is 6.18 Å². The van der Waals surface area contributed by atoms with Gasteiger partial charge in [-0.05, 0) is 29.2 Å². The van der Waals surface area contributed by atoms with Crippen LogP contribution in [0.5, 0.6) is 5.88 Å². The summed E-state index contributed by atoms with van der Waals surface area (Å²) in [7, 11) is 0.